The van der Waals surface area contributed by atoms with Crippen molar-refractivity contribution in [1.29, 1.82) is 0 Å². The van der Waals surface area contributed by atoms with E-state index in [2.05, 4.69) is 49.9 Å². The molecule has 2 aromatic rings. The summed E-state index contributed by atoms with van der Waals surface area (Å²) in [7, 11) is 0. The maximum absolute atomic E-state index is 4.78. The fraction of sp³-hybridized carbons (Fsp3) is 0.579. The average molecular weight is 368 g/mol. The lowest BCUT2D eigenvalue weighted by Gasteiger charge is -2.35. The van der Waals surface area contributed by atoms with E-state index in [1.165, 1.54) is 12.8 Å². The molecule has 4 rings (SSSR count). The number of hydrogen-bond acceptors (Lipinski definition) is 8. The first-order chi connectivity index (χ1) is 13.3. The van der Waals surface area contributed by atoms with Crippen molar-refractivity contribution in [1.82, 2.24) is 19.9 Å². The Kier molecular flexibility index (Phi) is 5.22. The van der Waals surface area contributed by atoms with Crippen LogP contribution in [0.2, 0.25) is 0 Å². The molecule has 1 saturated carbocycles. The van der Waals surface area contributed by atoms with Crippen LogP contribution in [-0.4, -0.2) is 65.2 Å². The quantitative estimate of drug-likeness (QED) is 0.796. The van der Waals surface area contributed by atoms with E-state index in [1.54, 1.807) is 0 Å². The predicted molar refractivity (Wildman–Crippen MR) is 109 cm³/mol. The molecule has 1 N–H and O–H groups in total. The maximum atomic E-state index is 4.78. The van der Waals surface area contributed by atoms with Crippen molar-refractivity contribution < 1.29 is 0 Å². The van der Waals surface area contributed by atoms with Gasteiger partial charge >= 0.3 is 0 Å². The van der Waals surface area contributed by atoms with E-state index in [9.17, 15) is 0 Å². The summed E-state index contributed by atoms with van der Waals surface area (Å²) < 4.78 is 0. The third kappa shape index (κ3) is 4.20. The van der Waals surface area contributed by atoms with Gasteiger partial charge in [0.05, 0.1) is 0 Å². The van der Waals surface area contributed by atoms with Crippen LogP contribution in [0.3, 0.4) is 0 Å². The average Bonchev–Trinajstić information content (AvgIpc) is 3.54. The minimum atomic E-state index is 0.519. The zero-order valence-corrected chi connectivity index (χ0v) is 16.2. The topological polar surface area (TPSA) is 73.3 Å². The van der Waals surface area contributed by atoms with E-state index < -0.39 is 0 Å². The Labute approximate surface area is 160 Å². The van der Waals surface area contributed by atoms with Crippen molar-refractivity contribution in [2.24, 2.45) is 0 Å². The Morgan fingerprint density at radius 1 is 1.00 bits per heavy atom. The first-order valence-corrected chi connectivity index (χ1v) is 9.95. The van der Waals surface area contributed by atoms with Gasteiger partial charge in [-0.2, -0.15) is 15.0 Å². The Bertz CT molecular complexity index is 737. The molecule has 8 heteroatoms. The lowest BCUT2D eigenvalue weighted by molar-refractivity contribution is 0.632. The van der Waals surface area contributed by atoms with Gasteiger partial charge in [-0.25, -0.2) is 4.98 Å². The second-order valence-corrected chi connectivity index (χ2v) is 7.01. The van der Waals surface area contributed by atoms with E-state index in [0.717, 1.165) is 57.0 Å². The molecule has 0 spiro atoms. The molecule has 2 aliphatic rings. The fourth-order valence-electron chi connectivity index (χ4n) is 3.29. The van der Waals surface area contributed by atoms with E-state index in [0.29, 0.717) is 12.0 Å². The molecule has 3 heterocycles. The summed E-state index contributed by atoms with van der Waals surface area (Å²) in [6, 6.07) is 6.57. The van der Waals surface area contributed by atoms with E-state index in [4.69, 9.17) is 9.97 Å². The first kappa shape index (κ1) is 17.8. The van der Waals surface area contributed by atoms with E-state index >= 15 is 0 Å². The second-order valence-electron chi connectivity index (χ2n) is 7.01. The van der Waals surface area contributed by atoms with Crippen molar-refractivity contribution in [2.45, 2.75) is 32.7 Å². The molecule has 8 nitrogen and oxygen atoms in total. The normalized spacial score (nSPS) is 17.1. The van der Waals surface area contributed by atoms with Crippen LogP contribution in [0.15, 0.2) is 24.4 Å². The van der Waals surface area contributed by atoms with Gasteiger partial charge in [-0.15, -0.1) is 0 Å². The molecular weight excluding hydrogens is 340 g/mol. The Balaban J connectivity index is 1.51. The fourth-order valence-corrected chi connectivity index (χ4v) is 3.29. The summed E-state index contributed by atoms with van der Waals surface area (Å²) in [6.45, 7) is 9.61. The highest BCUT2D eigenvalue weighted by Gasteiger charge is 2.25. The molecular formula is C19H28N8. The Hall–Kier alpha value is -2.64. The molecule has 2 fully saturated rings. The molecule has 0 atom stereocenters. The largest absolute Gasteiger partial charge is 0.353 e. The van der Waals surface area contributed by atoms with Gasteiger partial charge in [0.25, 0.3) is 0 Å². The highest BCUT2D eigenvalue weighted by molar-refractivity contribution is 5.48. The predicted octanol–water partition coefficient (Wildman–Crippen LogP) is 2.01. The van der Waals surface area contributed by atoms with Gasteiger partial charge in [0.2, 0.25) is 17.8 Å². The summed E-state index contributed by atoms with van der Waals surface area (Å²) in [4.78, 5) is 25.4. The number of nitrogens with one attached hydrogen (secondary N) is 1. The van der Waals surface area contributed by atoms with E-state index in [-0.39, 0.29) is 0 Å². The summed E-state index contributed by atoms with van der Waals surface area (Å²) in [5.74, 6) is 3.28. The number of anilines is 4. The second kappa shape index (κ2) is 7.94. The van der Waals surface area contributed by atoms with Gasteiger partial charge in [0, 0.05) is 51.5 Å². The van der Waals surface area contributed by atoms with Crippen molar-refractivity contribution in [3.05, 3.63) is 24.4 Å². The van der Waals surface area contributed by atoms with Gasteiger partial charge in [-0.05, 0) is 38.8 Å². The molecule has 144 valence electrons. The van der Waals surface area contributed by atoms with Crippen LogP contribution in [-0.2, 0) is 0 Å². The minimum Gasteiger partial charge on any atom is -0.353 e. The number of aromatic nitrogens is 4. The number of pyridine rings is 1. The van der Waals surface area contributed by atoms with E-state index in [1.807, 2.05) is 18.3 Å². The number of rotatable bonds is 7. The lowest BCUT2D eigenvalue weighted by atomic mass is 10.3. The van der Waals surface area contributed by atoms with Crippen LogP contribution in [0.4, 0.5) is 23.7 Å². The van der Waals surface area contributed by atoms with Crippen molar-refractivity contribution in [2.75, 3.05) is 59.3 Å². The molecule has 27 heavy (non-hydrogen) atoms. The molecule has 1 aliphatic heterocycles. The van der Waals surface area contributed by atoms with Crippen molar-refractivity contribution in [3.8, 4) is 0 Å². The molecule has 1 saturated heterocycles. The molecule has 0 bridgehead atoms. The summed E-state index contributed by atoms with van der Waals surface area (Å²) in [6.07, 6.45) is 4.24. The summed E-state index contributed by atoms with van der Waals surface area (Å²) in [5, 5.41) is 3.44. The standard InChI is InChI=1S/C19H28N8/c1-3-25(4-2)18-22-17(21-15-8-9-15)23-19(24-18)27-13-11-26(12-14-27)16-7-5-6-10-20-16/h5-7,10,15H,3-4,8-9,11-14H2,1-2H3,(H,21,22,23,24). The van der Waals surface area contributed by atoms with Crippen LogP contribution >= 0.6 is 0 Å². The monoisotopic (exact) mass is 368 g/mol. The number of nitrogens with zero attached hydrogens (tertiary/aromatic N) is 7. The smallest absolute Gasteiger partial charge is 0.232 e. The number of hydrogen-bond donors (Lipinski definition) is 1. The van der Waals surface area contributed by atoms with Crippen LogP contribution < -0.4 is 20.0 Å². The van der Waals surface area contributed by atoms with Crippen LogP contribution in [0.1, 0.15) is 26.7 Å². The van der Waals surface area contributed by atoms with Crippen molar-refractivity contribution >= 4 is 23.7 Å². The maximum Gasteiger partial charge on any atom is 0.232 e. The van der Waals surface area contributed by atoms with Crippen LogP contribution in [0.25, 0.3) is 0 Å². The number of piperazine rings is 1. The first-order valence-electron chi connectivity index (χ1n) is 9.95. The van der Waals surface area contributed by atoms with Gasteiger partial charge in [0.15, 0.2) is 0 Å². The van der Waals surface area contributed by atoms with Crippen molar-refractivity contribution in [3.63, 3.8) is 0 Å². The lowest BCUT2D eigenvalue weighted by Crippen LogP contribution is -2.47. The Morgan fingerprint density at radius 3 is 2.37 bits per heavy atom. The van der Waals surface area contributed by atoms with Gasteiger partial charge < -0.3 is 20.0 Å². The summed E-state index contributed by atoms with van der Waals surface area (Å²) in [5.41, 5.74) is 0. The summed E-state index contributed by atoms with van der Waals surface area (Å²) >= 11 is 0. The minimum absolute atomic E-state index is 0.519. The zero-order valence-electron chi connectivity index (χ0n) is 16.2. The van der Waals surface area contributed by atoms with Crippen LogP contribution in [0.5, 0.6) is 0 Å². The van der Waals surface area contributed by atoms with Gasteiger partial charge in [0.1, 0.15) is 5.82 Å². The molecule has 0 amide bonds. The molecule has 1 aliphatic carbocycles. The van der Waals surface area contributed by atoms with Gasteiger partial charge in [-0.3, -0.25) is 0 Å². The Morgan fingerprint density at radius 2 is 1.74 bits per heavy atom. The van der Waals surface area contributed by atoms with Gasteiger partial charge in [-0.1, -0.05) is 6.07 Å². The zero-order chi connectivity index (χ0) is 18.6. The molecule has 0 radical (unpaired) electrons. The molecule has 2 aromatic heterocycles. The molecule has 0 aromatic carbocycles. The molecule has 0 unspecified atom stereocenters. The highest BCUT2D eigenvalue weighted by Crippen LogP contribution is 2.25. The third-order valence-corrected chi connectivity index (χ3v) is 5.10. The third-order valence-electron chi connectivity index (χ3n) is 5.10. The van der Waals surface area contributed by atoms with Crippen LogP contribution in [0, 0.1) is 0 Å². The SMILES string of the molecule is CCN(CC)c1nc(NC2CC2)nc(N2CCN(c3ccccn3)CC2)n1. The highest BCUT2D eigenvalue weighted by atomic mass is 15.4.